The van der Waals surface area contributed by atoms with Gasteiger partial charge in [-0.05, 0) is 24.6 Å². The maximum atomic E-state index is 12.2. The second-order valence-electron chi connectivity index (χ2n) is 5.14. The highest BCUT2D eigenvalue weighted by atomic mass is 32.2. The van der Waals surface area contributed by atoms with Gasteiger partial charge in [0.25, 0.3) is 0 Å². The van der Waals surface area contributed by atoms with E-state index in [0.29, 0.717) is 13.2 Å². The van der Waals surface area contributed by atoms with E-state index >= 15 is 0 Å². The van der Waals surface area contributed by atoms with Crippen LogP contribution in [0, 0.1) is 0 Å². The highest BCUT2D eigenvalue weighted by molar-refractivity contribution is 8.01. The molecule has 1 amide bonds. The summed E-state index contributed by atoms with van der Waals surface area (Å²) in [6, 6.07) is 8.41. The zero-order chi connectivity index (χ0) is 14.7. The van der Waals surface area contributed by atoms with Crippen LogP contribution in [0.5, 0.6) is 0 Å². The number of hydrogen-bond donors (Lipinski definition) is 0. The predicted molar refractivity (Wildman–Crippen MR) is 84.2 cm³/mol. The Morgan fingerprint density at radius 1 is 1.30 bits per heavy atom. The largest absolute Gasteiger partial charge is 0.383 e. The molecule has 110 valence electrons. The molecule has 0 radical (unpaired) electrons. The number of benzene rings is 1. The highest BCUT2D eigenvalue weighted by Crippen LogP contribution is 2.42. The van der Waals surface area contributed by atoms with Crippen LogP contribution < -0.4 is 4.90 Å². The maximum Gasteiger partial charge on any atom is 0.236 e. The third-order valence-electron chi connectivity index (χ3n) is 3.48. The number of nitrogens with zero attached hydrogens (tertiary/aromatic N) is 2. The Morgan fingerprint density at radius 2 is 1.95 bits per heavy atom. The number of anilines is 1. The second-order valence-corrected chi connectivity index (χ2v) is 6.57. The van der Waals surface area contributed by atoms with Crippen molar-refractivity contribution in [2.45, 2.75) is 17.5 Å². The molecule has 5 heteroatoms. The summed E-state index contributed by atoms with van der Waals surface area (Å²) in [5, 5.41) is 0.120. The zero-order valence-corrected chi connectivity index (χ0v) is 13.3. The van der Waals surface area contributed by atoms with Gasteiger partial charge in [-0.3, -0.25) is 4.79 Å². The lowest BCUT2D eigenvalue weighted by Gasteiger charge is -2.24. The Kier molecular flexibility index (Phi) is 4.94. The molecule has 0 aromatic heterocycles. The highest BCUT2D eigenvalue weighted by Gasteiger charge is 2.37. The molecule has 2 rings (SSSR count). The fourth-order valence-corrected chi connectivity index (χ4v) is 3.60. The summed E-state index contributed by atoms with van der Waals surface area (Å²) in [6.07, 6.45) is 0. The van der Waals surface area contributed by atoms with Gasteiger partial charge < -0.3 is 14.5 Å². The molecule has 2 atom stereocenters. The molecule has 0 spiro atoms. The van der Waals surface area contributed by atoms with Gasteiger partial charge in [-0.25, -0.2) is 0 Å². The summed E-state index contributed by atoms with van der Waals surface area (Å²) in [4.78, 5) is 16.2. The van der Waals surface area contributed by atoms with Crippen LogP contribution in [0.4, 0.5) is 5.69 Å². The van der Waals surface area contributed by atoms with Gasteiger partial charge in [-0.2, -0.15) is 0 Å². The van der Waals surface area contributed by atoms with Crippen LogP contribution >= 0.6 is 11.8 Å². The smallest absolute Gasteiger partial charge is 0.236 e. The molecule has 0 N–H and O–H groups in total. The van der Waals surface area contributed by atoms with Crippen molar-refractivity contribution >= 4 is 23.4 Å². The van der Waals surface area contributed by atoms with E-state index in [9.17, 15) is 4.79 Å². The average molecular weight is 294 g/mol. The predicted octanol–water partition coefficient (Wildman–Crippen LogP) is 2.36. The van der Waals surface area contributed by atoms with Crippen LogP contribution in [0.3, 0.4) is 0 Å². The summed E-state index contributed by atoms with van der Waals surface area (Å²) < 4.78 is 5.11. The Bertz CT molecular complexity index is 461. The molecule has 1 heterocycles. The first-order chi connectivity index (χ1) is 9.54. The van der Waals surface area contributed by atoms with Crippen molar-refractivity contribution in [1.29, 1.82) is 0 Å². The fourth-order valence-electron chi connectivity index (χ4n) is 2.29. The number of methoxy groups -OCH3 is 1. The molecule has 0 bridgehead atoms. The lowest BCUT2D eigenvalue weighted by molar-refractivity contribution is -0.130. The normalized spacial score (nSPS) is 22.4. The Labute approximate surface area is 125 Å². The third-order valence-corrected chi connectivity index (χ3v) is 4.87. The standard InChI is InChI=1S/C15H22N2O2S/c1-11-14(18)17(9-10-19-4)15(20-11)12-5-7-13(8-6-12)16(2)3/h5-8,11,15H,9-10H2,1-4H3. The molecule has 0 saturated carbocycles. The average Bonchev–Trinajstić information content (AvgIpc) is 2.72. The molecule has 0 aliphatic carbocycles. The SMILES string of the molecule is COCCN1C(=O)C(C)SC1c1ccc(N(C)C)cc1. The quantitative estimate of drug-likeness (QED) is 0.834. The van der Waals surface area contributed by atoms with Gasteiger partial charge in [-0.15, -0.1) is 11.8 Å². The topological polar surface area (TPSA) is 32.8 Å². The molecule has 1 aromatic carbocycles. The second kappa shape index (κ2) is 6.50. The molecular formula is C15H22N2O2S. The molecule has 4 nitrogen and oxygen atoms in total. The summed E-state index contributed by atoms with van der Waals surface area (Å²) in [7, 11) is 5.71. The van der Waals surface area contributed by atoms with E-state index in [1.54, 1.807) is 18.9 Å². The van der Waals surface area contributed by atoms with Crippen LogP contribution in [-0.2, 0) is 9.53 Å². The number of carbonyl (C=O) groups excluding carboxylic acids is 1. The fraction of sp³-hybridized carbons (Fsp3) is 0.533. The number of ether oxygens (including phenoxy) is 1. The molecule has 1 aromatic rings. The minimum atomic E-state index is 0.0189. The Hall–Kier alpha value is -1.20. The molecule has 20 heavy (non-hydrogen) atoms. The van der Waals surface area contributed by atoms with Gasteiger partial charge in [0, 0.05) is 33.4 Å². The summed E-state index contributed by atoms with van der Waals surface area (Å²) in [5.41, 5.74) is 2.34. The van der Waals surface area contributed by atoms with Crippen molar-refractivity contribution in [2.24, 2.45) is 0 Å². The van der Waals surface area contributed by atoms with Crippen molar-refractivity contribution in [3.05, 3.63) is 29.8 Å². The minimum Gasteiger partial charge on any atom is -0.383 e. The molecular weight excluding hydrogens is 272 g/mol. The third kappa shape index (κ3) is 3.10. The first-order valence-electron chi connectivity index (χ1n) is 6.76. The van der Waals surface area contributed by atoms with E-state index < -0.39 is 0 Å². The van der Waals surface area contributed by atoms with Crippen LogP contribution in [-0.4, -0.2) is 50.4 Å². The van der Waals surface area contributed by atoms with E-state index in [0.717, 1.165) is 0 Å². The van der Waals surface area contributed by atoms with Crippen LogP contribution in [0.15, 0.2) is 24.3 Å². The van der Waals surface area contributed by atoms with Crippen LogP contribution in [0.2, 0.25) is 0 Å². The van der Waals surface area contributed by atoms with E-state index in [2.05, 4.69) is 29.2 Å². The molecule has 1 aliphatic rings. The van der Waals surface area contributed by atoms with Gasteiger partial charge >= 0.3 is 0 Å². The van der Waals surface area contributed by atoms with Gasteiger partial charge in [0.2, 0.25) is 5.91 Å². The monoisotopic (exact) mass is 294 g/mol. The van der Waals surface area contributed by atoms with Crippen molar-refractivity contribution in [2.75, 3.05) is 39.3 Å². The maximum absolute atomic E-state index is 12.2. The van der Waals surface area contributed by atoms with E-state index in [1.807, 2.05) is 25.9 Å². The number of amides is 1. The first-order valence-corrected chi connectivity index (χ1v) is 7.71. The van der Waals surface area contributed by atoms with E-state index in [4.69, 9.17) is 4.74 Å². The summed E-state index contributed by atoms with van der Waals surface area (Å²) in [6.45, 7) is 3.19. The van der Waals surface area contributed by atoms with Crippen molar-refractivity contribution in [1.82, 2.24) is 4.90 Å². The first kappa shape index (κ1) is 15.2. The van der Waals surface area contributed by atoms with Crippen molar-refractivity contribution < 1.29 is 9.53 Å². The van der Waals surface area contributed by atoms with Crippen molar-refractivity contribution in [3.8, 4) is 0 Å². The number of hydrogen-bond acceptors (Lipinski definition) is 4. The van der Waals surface area contributed by atoms with Gasteiger partial charge in [-0.1, -0.05) is 12.1 Å². The van der Waals surface area contributed by atoms with Gasteiger partial charge in [0.15, 0.2) is 0 Å². The Morgan fingerprint density at radius 3 is 2.50 bits per heavy atom. The van der Waals surface area contributed by atoms with Gasteiger partial charge in [0.05, 0.1) is 11.9 Å². The Balaban J connectivity index is 2.18. The number of rotatable bonds is 5. The number of thioether (sulfide) groups is 1. The molecule has 1 saturated heterocycles. The van der Waals surface area contributed by atoms with Crippen LogP contribution in [0.1, 0.15) is 17.9 Å². The lowest BCUT2D eigenvalue weighted by Crippen LogP contribution is -2.33. The number of carbonyl (C=O) groups is 1. The molecule has 1 fully saturated rings. The van der Waals surface area contributed by atoms with E-state index in [1.165, 1.54) is 11.3 Å². The molecule has 2 unspecified atom stereocenters. The zero-order valence-electron chi connectivity index (χ0n) is 12.5. The molecule has 1 aliphatic heterocycles. The summed E-state index contributed by atoms with van der Waals surface area (Å²) in [5.74, 6) is 0.203. The summed E-state index contributed by atoms with van der Waals surface area (Å²) >= 11 is 1.71. The van der Waals surface area contributed by atoms with Gasteiger partial charge in [0.1, 0.15) is 5.37 Å². The lowest BCUT2D eigenvalue weighted by atomic mass is 10.1. The minimum absolute atomic E-state index is 0.0189. The van der Waals surface area contributed by atoms with E-state index in [-0.39, 0.29) is 16.5 Å². The van der Waals surface area contributed by atoms with Crippen molar-refractivity contribution in [3.63, 3.8) is 0 Å². The van der Waals surface area contributed by atoms with Crippen LogP contribution in [0.25, 0.3) is 0 Å².